The van der Waals surface area contributed by atoms with Gasteiger partial charge in [0.15, 0.2) is 0 Å². The summed E-state index contributed by atoms with van der Waals surface area (Å²) in [5.41, 5.74) is 2.00. The minimum Gasteiger partial charge on any atom is -0.324 e. The van der Waals surface area contributed by atoms with Crippen molar-refractivity contribution in [3.8, 4) is 0 Å². The van der Waals surface area contributed by atoms with E-state index in [-0.39, 0.29) is 30.3 Å². The molecule has 176 valence electrons. The molecule has 3 amide bonds. The second kappa shape index (κ2) is 8.33. The number of halogens is 1. The highest BCUT2D eigenvalue weighted by atomic mass is 35.5. The smallest absolute Gasteiger partial charge is 0.250 e. The van der Waals surface area contributed by atoms with Crippen LogP contribution in [0.3, 0.4) is 0 Å². The van der Waals surface area contributed by atoms with Crippen LogP contribution in [0.15, 0.2) is 78.9 Å². The number of benzene rings is 3. The van der Waals surface area contributed by atoms with Gasteiger partial charge in [-0.3, -0.25) is 24.6 Å². The first kappa shape index (κ1) is 22.0. The van der Waals surface area contributed by atoms with Crippen LogP contribution in [0.4, 0.5) is 5.69 Å². The fourth-order valence-electron chi connectivity index (χ4n) is 5.98. The number of anilines is 1. The summed E-state index contributed by atoms with van der Waals surface area (Å²) in [6.45, 7) is 0.285. The molecule has 0 saturated carbocycles. The molecule has 6 nitrogen and oxygen atoms in total. The maximum Gasteiger partial charge on any atom is 0.250 e. The number of likely N-dealkylation sites (tertiary alicyclic amines) is 1. The van der Waals surface area contributed by atoms with Gasteiger partial charge in [-0.25, -0.2) is 0 Å². The molecule has 2 N–H and O–H groups in total. The number of imide groups is 1. The number of carbonyl (C=O) groups is 3. The van der Waals surface area contributed by atoms with Crippen LogP contribution >= 0.6 is 11.6 Å². The number of hydrogen-bond acceptors (Lipinski definition) is 4. The summed E-state index contributed by atoms with van der Waals surface area (Å²) in [4.78, 5) is 42.5. The molecule has 1 spiro atoms. The summed E-state index contributed by atoms with van der Waals surface area (Å²) in [6, 6.07) is 24.4. The van der Waals surface area contributed by atoms with Crippen LogP contribution in [-0.4, -0.2) is 35.2 Å². The molecule has 3 aliphatic rings. The van der Waals surface area contributed by atoms with Gasteiger partial charge in [0.1, 0.15) is 5.54 Å². The van der Waals surface area contributed by atoms with Crippen LogP contribution < -0.4 is 10.6 Å². The van der Waals surface area contributed by atoms with Crippen molar-refractivity contribution >= 4 is 35.0 Å². The Morgan fingerprint density at radius 2 is 1.54 bits per heavy atom. The minimum absolute atomic E-state index is 0.218. The summed E-state index contributed by atoms with van der Waals surface area (Å²) in [7, 11) is 0. The molecule has 0 bridgehead atoms. The van der Waals surface area contributed by atoms with E-state index in [1.807, 2.05) is 60.7 Å². The molecule has 3 heterocycles. The largest absolute Gasteiger partial charge is 0.324 e. The Hall–Kier alpha value is -3.48. The van der Waals surface area contributed by atoms with Gasteiger partial charge in [-0.15, -0.1) is 0 Å². The van der Waals surface area contributed by atoms with Crippen LogP contribution in [0.2, 0.25) is 5.02 Å². The molecule has 0 aliphatic carbocycles. The Bertz CT molecular complexity index is 1330. The zero-order valence-corrected chi connectivity index (χ0v) is 19.7. The quantitative estimate of drug-likeness (QED) is 0.542. The molecule has 35 heavy (non-hydrogen) atoms. The van der Waals surface area contributed by atoms with Crippen molar-refractivity contribution in [2.24, 2.45) is 11.8 Å². The first-order valence-corrected chi connectivity index (χ1v) is 12.2. The lowest BCUT2D eigenvalue weighted by Gasteiger charge is -2.29. The highest BCUT2D eigenvalue weighted by molar-refractivity contribution is 6.31. The van der Waals surface area contributed by atoms with Crippen LogP contribution in [-0.2, 0) is 32.8 Å². The lowest BCUT2D eigenvalue weighted by atomic mass is 9.76. The summed E-state index contributed by atoms with van der Waals surface area (Å²) in [6.07, 6.45) is 1.09. The predicted octanol–water partition coefficient (Wildman–Crippen LogP) is 3.55. The number of rotatable bonds is 5. The van der Waals surface area contributed by atoms with Crippen LogP contribution in [0.1, 0.15) is 16.7 Å². The number of fused-ring (bicyclic) bond motifs is 4. The number of hydrogen-bond donors (Lipinski definition) is 2. The van der Waals surface area contributed by atoms with Gasteiger partial charge in [-0.2, -0.15) is 0 Å². The lowest BCUT2D eigenvalue weighted by molar-refractivity contribution is -0.142. The van der Waals surface area contributed by atoms with Crippen molar-refractivity contribution in [2.45, 2.75) is 24.4 Å². The molecule has 3 aromatic carbocycles. The molecule has 2 saturated heterocycles. The topological polar surface area (TPSA) is 78.5 Å². The molecule has 3 aromatic rings. The van der Waals surface area contributed by atoms with E-state index in [0.29, 0.717) is 29.1 Å². The molecule has 2 fully saturated rings. The van der Waals surface area contributed by atoms with Gasteiger partial charge in [0, 0.05) is 28.9 Å². The van der Waals surface area contributed by atoms with Crippen LogP contribution in [0, 0.1) is 11.8 Å². The summed E-state index contributed by atoms with van der Waals surface area (Å²) in [5.74, 6) is -2.31. The standard InChI is InChI=1S/C28H24ClN3O3/c29-19-11-12-21-20(16-19)28(27(35)30-21)24-23(22(31-28)15-18-9-5-2-6-10-18)25(33)32(26(24)34)14-13-17-7-3-1-4-8-17/h1-12,16,22-24,31H,13-15H2,(H,30,35)/t22?,23-,24+,28?/m1/s1. The molecule has 2 unspecified atom stereocenters. The van der Waals surface area contributed by atoms with Gasteiger partial charge in [0.2, 0.25) is 17.7 Å². The highest BCUT2D eigenvalue weighted by Crippen LogP contribution is 2.53. The molecule has 7 heteroatoms. The molecule has 4 atom stereocenters. The van der Waals surface area contributed by atoms with Crippen molar-refractivity contribution in [1.82, 2.24) is 10.2 Å². The lowest BCUT2D eigenvalue weighted by Crippen LogP contribution is -2.53. The Labute approximate surface area is 208 Å². The third-order valence-corrected chi connectivity index (χ3v) is 7.77. The molecular formula is C28H24ClN3O3. The molecule has 0 radical (unpaired) electrons. The van der Waals surface area contributed by atoms with E-state index in [0.717, 1.165) is 11.1 Å². The monoisotopic (exact) mass is 485 g/mol. The van der Waals surface area contributed by atoms with Crippen molar-refractivity contribution in [1.29, 1.82) is 0 Å². The van der Waals surface area contributed by atoms with Crippen molar-refractivity contribution in [2.75, 3.05) is 11.9 Å². The van der Waals surface area contributed by atoms with E-state index in [1.165, 1.54) is 4.90 Å². The first-order chi connectivity index (χ1) is 17.0. The average Bonchev–Trinajstić information content (AvgIpc) is 3.44. The van der Waals surface area contributed by atoms with Crippen molar-refractivity contribution < 1.29 is 14.4 Å². The molecule has 0 aromatic heterocycles. The highest BCUT2D eigenvalue weighted by Gasteiger charge is 2.70. The zero-order chi connectivity index (χ0) is 24.2. The van der Waals surface area contributed by atoms with Gasteiger partial charge in [-0.05, 0) is 42.2 Å². The number of amides is 3. The van der Waals surface area contributed by atoms with E-state index in [4.69, 9.17) is 11.6 Å². The number of nitrogens with one attached hydrogen (secondary N) is 2. The van der Waals surface area contributed by atoms with Gasteiger partial charge >= 0.3 is 0 Å². The predicted molar refractivity (Wildman–Crippen MR) is 133 cm³/mol. The Morgan fingerprint density at radius 1 is 0.857 bits per heavy atom. The third-order valence-electron chi connectivity index (χ3n) is 7.53. The molecule has 6 rings (SSSR count). The Morgan fingerprint density at radius 3 is 2.26 bits per heavy atom. The first-order valence-electron chi connectivity index (χ1n) is 11.8. The second-order valence-electron chi connectivity index (χ2n) is 9.46. The number of carbonyl (C=O) groups excluding carboxylic acids is 3. The second-order valence-corrected chi connectivity index (χ2v) is 9.90. The minimum atomic E-state index is -1.33. The summed E-state index contributed by atoms with van der Waals surface area (Å²) < 4.78 is 0. The van der Waals surface area contributed by atoms with Crippen molar-refractivity contribution in [3.63, 3.8) is 0 Å². The summed E-state index contributed by atoms with van der Waals surface area (Å²) in [5, 5.41) is 6.86. The third kappa shape index (κ3) is 3.39. The fraction of sp³-hybridized carbons (Fsp3) is 0.250. The maximum absolute atomic E-state index is 13.9. The van der Waals surface area contributed by atoms with Crippen LogP contribution in [0.25, 0.3) is 0 Å². The molecule has 3 aliphatic heterocycles. The van der Waals surface area contributed by atoms with E-state index in [9.17, 15) is 14.4 Å². The average molecular weight is 486 g/mol. The van der Waals surface area contributed by atoms with E-state index in [2.05, 4.69) is 10.6 Å². The Balaban J connectivity index is 1.41. The van der Waals surface area contributed by atoms with Crippen LogP contribution in [0.5, 0.6) is 0 Å². The van der Waals surface area contributed by atoms with E-state index < -0.39 is 17.4 Å². The van der Waals surface area contributed by atoms with Gasteiger partial charge in [0.25, 0.3) is 0 Å². The summed E-state index contributed by atoms with van der Waals surface area (Å²) >= 11 is 6.32. The normalized spacial score (nSPS) is 26.8. The van der Waals surface area contributed by atoms with Gasteiger partial charge in [0.05, 0.1) is 11.8 Å². The Kier molecular flexibility index (Phi) is 5.24. The van der Waals surface area contributed by atoms with E-state index >= 15 is 0 Å². The maximum atomic E-state index is 13.9. The zero-order valence-electron chi connectivity index (χ0n) is 18.9. The fourth-order valence-corrected chi connectivity index (χ4v) is 6.15. The van der Waals surface area contributed by atoms with Gasteiger partial charge in [-0.1, -0.05) is 72.3 Å². The van der Waals surface area contributed by atoms with E-state index in [1.54, 1.807) is 18.2 Å². The molecular weight excluding hydrogens is 462 g/mol. The van der Waals surface area contributed by atoms with Gasteiger partial charge < -0.3 is 5.32 Å². The number of nitrogens with zero attached hydrogens (tertiary/aromatic N) is 1. The van der Waals surface area contributed by atoms with Crippen molar-refractivity contribution in [3.05, 3.63) is 101 Å². The SMILES string of the molecule is O=C1[C@@H]2C(Cc3ccccc3)NC3(C(=O)Nc4ccc(Cl)cc43)[C@@H]2C(=O)N1CCc1ccccc1.